The minimum atomic E-state index is -0.266. The van der Waals surface area contributed by atoms with Gasteiger partial charge in [0, 0.05) is 10.7 Å². The van der Waals surface area contributed by atoms with Gasteiger partial charge < -0.3 is 10.6 Å². The SMILES string of the molecule is CC(NC(=O)c1cc2ccc(F)cc2s1)C1CCCNC1. The second kappa shape index (κ2) is 6.12. The molecule has 0 spiro atoms. The van der Waals surface area contributed by atoms with Crippen LogP contribution in [-0.4, -0.2) is 25.0 Å². The maximum Gasteiger partial charge on any atom is 0.261 e. The number of piperidine rings is 1. The molecule has 3 rings (SSSR count). The number of thiophene rings is 1. The number of nitrogens with one attached hydrogen (secondary N) is 2. The second-order valence-corrected chi connectivity index (χ2v) is 6.75. The van der Waals surface area contributed by atoms with Crippen molar-refractivity contribution in [3.8, 4) is 0 Å². The zero-order valence-electron chi connectivity index (χ0n) is 12.0. The lowest BCUT2D eigenvalue weighted by Crippen LogP contribution is -2.44. The third-order valence-electron chi connectivity index (χ3n) is 4.11. The number of carbonyl (C=O) groups is 1. The summed E-state index contributed by atoms with van der Waals surface area (Å²) in [5.41, 5.74) is 0. The highest BCUT2D eigenvalue weighted by molar-refractivity contribution is 7.20. The summed E-state index contributed by atoms with van der Waals surface area (Å²) in [6.07, 6.45) is 2.30. The fourth-order valence-electron chi connectivity index (χ4n) is 2.82. The van der Waals surface area contributed by atoms with Crippen molar-refractivity contribution >= 4 is 27.3 Å². The molecule has 1 fully saturated rings. The van der Waals surface area contributed by atoms with Gasteiger partial charge in [-0.3, -0.25) is 4.79 Å². The molecule has 0 radical (unpaired) electrons. The van der Waals surface area contributed by atoms with Gasteiger partial charge in [0.25, 0.3) is 5.91 Å². The Morgan fingerprint density at radius 1 is 1.48 bits per heavy atom. The van der Waals surface area contributed by atoms with Crippen LogP contribution in [-0.2, 0) is 0 Å². The lowest BCUT2D eigenvalue weighted by Gasteiger charge is -2.28. The summed E-state index contributed by atoms with van der Waals surface area (Å²) in [5.74, 6) is 0.155. The molecule has 21 heavy (non-hydrogen) atoms. The zero-order valence-corrected chi connectivity index (χ0v) is 12.8. The van der Waals surface area contributed by atoms with E-state index in [2.05, 4.69) is 17.6 Å². The van der Waals surface area contributed by atoms with E-state index in [1.165, 1.54) is 23.5 Å². The quantitative estimate of drug-likeness (QED) is 0.914. The minimum absolute atomic E-state index is 0.0605. The Balaban J connectivity index is 1.71. The predicted octanol–water partition coefficient (Wildman–Crippen LogP) is 3.16. The largest absolute Gasteiger partial charge is 0.349 e. The van der Waals surface area contributed by atoms with Crippen molar-refractivity contribution in [1.29, 1.82) is 0 Å². The second-order valence-electron chi connectivity index (χ2n) is 5.66. The molecular weight excluding hydrogens is 287 g/mol. The van der Waals surface area contributed by atoms with Gasteiger partial charge in [0.1, 0.15) is 5.82 Å². The summed E-state index contributed by atoms with van der Waals surface area (Å²) >= 11 is 1.34. The summed E-state index contributed by atoms with van der Waals surface area (Å²) < 4.78 is 14.0. The predicted molar refractivity (Wildman–Crippen MR) is 84.3 cm³/mol. The van der Waals surface area contributed by atoms with Gasteiger partial charge in [-0.15, -0.1) is 11.3 Å². The third-order valence-corrected chi connectivity index (χ3v) is 5.20. The number of rotatable bonds is 3. The van der Waals surface area contributed by atoms with Gasteiger partial charge in [-0.1, -0.05) is 6.07 Å². The monoisotopic (exact) mass is 306 g/mol. The summed E-state index contributed by atoms with van der Waals surface area (Å²) in [6, 6.07) is 6.60. The Hall–Kier alpha value is -1.46. The van der Waals surface area contributed by atoms with Crippen LogP contribution in [0, 0.1) is 11.7 Å². The van der Waals surface area contributed by atoms with Crippen LogP contribution in [0.25, 0.3) is 10.1 Å². The van der Waals surface area contributed by atoms with Crippen LogP contribution in [0.3, 0.4) is 0 Å². The smallest absolute Gasteiger partial charge is 0.261 e. The Labute approximate surface area is 127 Å². The number of benzene rings is 1. The van der Waals surface area contributed by atoms with E-state index in [9.17, 15) is 9.18 Å². The van der Waals surface area contributed by atoms with Gasteiger partial charge >= 0.3 is 0 Å². The van der Waals surface area contributed by atoms with Gasteiger partial charge in [-0.05, 0) is 62.4 Å². The Kier molecular flexibility index (Phi) is 4.22. The van der Waals surface area contributed by atoms with E-state index >= 15 is 0 Å². The van der Waals surface area contributed by atoms with E-state index < -0.39 is 0 Å². The Morgan fingerprint density at radius 2 is 2.33 bits per heavy atom. The molecule has 2 heterocycles. The van der Waals surface area contributed by atoms with E-state index in [0.29, 0.717) is 10.8 Å². The average molecular weight is 306 g/mol. The average Bonchev–Trinajstić information content (AvgIpc) is 2.91. The van der Waals surface area contributed by atoms with Gasteiger partial charge in [0.15, 0.2) is 0 Å². The first-order valence-corrected chi connectivity index (χ1v) is 8.16. The molecule has 0 aliphatic carbocycles. The molecule has 0 saturated carbocycles. The molecule has 5 heteroatoms. The number of hydrogen-bond donors (Lipinski definition) is 2. The first-order valence-electron chi connectivity index (χ1n) is 7.34. The number of hydrogen-bond acceptors (Lipinski definition) is 3. The molecule has 2 unspecified atom stereocenters. The van der Waals surface area contributed by atoms with Crippen molar-refractivity contribution < 1.29 is 9.18 Å². The first-order chi connectivity index (χ1) is 10.1. The van der Waals surface area contributed by atoms with Gasteiger partial charge in [0.2, 0.25) is 0 Å². The Morgan fingerprint density at radius 3 is 3.10 bits per heavy atom. The van der Waals surface area contributed by atoms with Gasteiger partial charge in [-0.25, -0.2) is 4.39 Å². The molecule has 1 aromatic carbocycles. The lowest BCUT2D eigenvalue weighted by molar-refractivity contribution is 0.0926. The topological polar surface area (TPSA) is 41.1 Å². The molecule has 2 aromatic rings. The maximum absolute atomic E-state index is 13.2. The van der Waals surface area contributed by atoms with Crippen LogP contribution in [0.5, 0.6) is 0 Å². The maximum atomic E-state index is 13.2. The highest BCUT2D eigenvalue weighted by Crippen LogP contribution is 2.26. The molecule has 1 aliphatic rings. The highest BCUT2D eigenvalue weighted by atomic mass is 32.1. The van der Waals surface area contributed by atoms with Crippen molar-refractivity contribution in [1.82, 2.24) is 10.6 Å². The van der Waals surface area contributed by atoms with Crippen LogP contribution in [0.2, 0.25) is 0 Å². The summed E-state index contributed by atoms with van der Waals surface area (Å²) in [5, 5.41) is 7.36. The molecule has 3 nitrogen and oxygen atoms in total. The molecule has 2 N–H and O–H groups in total. The fraction of sp³-hybridized carbons (Fsp3) is 0.438. The van der Waals surface area contributed by atoms with Gasteiger partial charge in [-0.2, -0.15) is 0 Å². The molecule has 1 aliphatic heterocycles. The van der Waals surface area contributed by atoms with Crippen LogP contribution in [0.1, 0.15) is 29.4 Å². The van der Waals surface area contributed by atoms with Crippen LogP contribution in [0.4, 0.5) is 4.39 Å². The van der Waals surface area contributed by atoms with Crippen molar-refractivity contribution in [2.45, 2.75) is 25.8 Å². The summed E-state index contributed by atoms with van der Waals surface area (Å²) in [7, 11) is 0. The van der Waals surface area contributed by atoms with Gasteiger partial charge in [0.05, 0.1) is 4.88 Å². The van der Waals surface area contributed by atoms with Crippen molar-refractivity contribution in [3.05, 3.63) is 35.0 Å². The summed E-state index contributed by atoms with van der Waals surface area (Å²) in [6.45, 7) is 4.08. The van der Waals surface area contributed by atoms with Crippen LogP contribution < -0.4 is 10.6 Å². The minimum Gasteiger partial charge on any atom is -0.349 e. The molecule has 0 bridgehead atoms. The molecule has 1 amide bonds. The van der Waals surface area contributed by atoms with E-state index in [4.69, 9.17) is 0 Å². The van der Waals surface area contributed by atoms with Crippen molar-refractivity contribution in [2.24, 2.45) is 5.92 Å². The van der Waals surface area contributed by atoms with E-state index in [0.717, 1.165) is 36.0 Å². The number of halogens is 1. The van der Waals surface area contributed by atoms with E-state index in [1.54, 1.807) is 6.07 Å². The Bertz CT molecular complexity index is 649. The molecule has 112 valence electrons. The molecule has 2 atom stereocenters. The van der Waals surface area contributed by atoms with E-state index in [1.807, 2.05) is 6.07 Å². The number of fused-ring (bicyclic) bond motifs is 1. The first kappa shape index (κ1) is 14.5. The molecule has 1 saturated heterocycles. The standard InChI is InChI=1S/C16H19FN2OS/c1-10(12-3-2-6-18-9-12)19-16(20)15-7-11-4-5-13(17)8-14(11)21-15/h4-5,7-8,10,12,18H,2-3,6,9H2,1H3,(H,19,20). The summed E-state index contributed by atoms with van der Waals surface area (Å²) in [4.78, 5) is 13.0. The number of carbonyl (C=O) groups excluding carboxylic acids is 1. The zero-order chi connectivity index (χ0) is 14.8. The van der Waals surface area contributed by atoms with Crippen molar-refractivity contribution in [3.63, 3.8) is 0 Å². The fourth-order valence-corrected chi connectivity index (χ4v) is 3.81. The molecular formula is C16H19FN2OS. The molecule has 1 aromatic heterocycles. The third kappa shape index (κ3) is 3.24. The van der Waals surface area contributed by atoms with E-state index in [-0.39, 0.29) is 17.8 Å². The lowest BCUT2D eigenvalue weighted by atomic mass is 9.93. The van der Waals surface area contributed by atoms with Crippen molar-refractivity contribution in [2.75, 3.05) is 13.1 Å². The normalized spacial score (nSPS) is 20.4. The van der Waals surface area contributed by atoms with Crippen LogP contribution >= 0.6 is 11.3 Å². The number of amides is 1. The highest BCUT2D eigenvalue weighted by Gasteiger charge is 2.22. The van der Waals surface area contributed by atoms with Crippen LogP contribution in [0.15, 0.2) is 24.3 Å².